The zero-order valence-electron chi connectivity index (χ0n) is 14.1. The third kappa shape index (κ3) is 3.16. The van der Waals surface area contributed by atoms with Crippen LogP contribution in [-0.4, -0.2) is 48.3 Å². The number of nitrogens with zero attached hydrogens (tertiary/aromatic N) is 3. The van der Waals surface area contributed by atoms with E-state index in [1.165, 1.54) is 25.3 Å². The molecule has 1 unspecified atom stereocenters. The molecule has 1 amide bonds. The third-order valence-electron chi connectivity index (χ3n) is 4.30. The standard InChI is InChI=1S/C17H16F3N3O3/c1-25-13-8-21-22-15(26-2)14(13)16(24)23-4-3-17(20,9-23)10-5-11(18)7-12(19)6-10/h5-8H,3-4,9H2,1-2H3. The van der Waals surface area contributed by atoms with E-state index in [0.717, 1.165) is 12.1 Å². The third-order valence-corrected chi connectivity index (χ3v) is 4.30. The number of amides is 1. The number of ether oxygens (including phenoxy) is 2. The number of alkyl halides is 1. The van der Waals surface area contributed by atoms with Gasteiger partial charge in [0.1, 0.15) is 17.2 Å². The van der Waals surface area contributed by atoms with E-state index >= 15 is 4.39 Å². The fraction of sp³-hybridized carbons (Fsp3) is 0.353. The van der Waals surface area contributed by atoms with E-state index in [1.54, 1.807) is 0 Å². The number of benzene rings is 1. The van der Waals surface area contributed by atoms with Crippen molar-refractivity contribution in [2.75, 3.05) is 27.3 Å². The first-order valence-electron chi connectivity index (χ1n) is 7.76. The van der Waals surface area contributed by atoms with Crippen LogP contribution in [0.25, 0.3) is 0 Å². The molecule has 0 spiro atoms. The molecule has 1 aromatic carbocycles. The maximum Gasteiger partial charge on any atom is 0.263 e. The molecule has 0 aliphatic carbocycles. The molecule has 138 valence electrons. The average Bonchev–Trinajstić information content (AvgIpc) is 3.03. The average molecular weight is 367 g/mol. The lowest BCUT2D eigenvalue weighted by Gasteiger charge is -2.22. The molecule has 1 aliphatic rings. The number of likely N-dealkylation sites (tertiary alicyclic amines) is 1. The molecule has 1 atom stereocenters. The molecule has 1 aromatic heterocycles. The predicted octanol–water partition coefficient (Wildman–Crippen LogP) is 2.48. The number of hydrogen-bond donors (Lipinski definition) is 0. The van der Waals surface area contributed by atoms with E-state index in [2.05, 4.69) is 10.2 Å². The van der Waals surface area contributed by atoms with Crippen molar-refractivity contribution in [2.24, 2.45) is 0 Å². The molecule has 6 nitrogen and oxygen atoms in total. The van der Waals surface area contributed by atoms with Gasteiger partial charge in [0.2, 0.25) is 5.88 Å². The van der Waals surface area contributed by atoms with Crippen molar-refractivity contribution in [1.29, 1.82) is 0 Å². The fourth-order valence-corrected chi connectivity index (χ4v) is 3.00. The van der Waals surface area contributed by atoms with Crippen molar-refractivity contribution < 1.29 is 27.4 Å². The lowest BCUT2D eigenvalue weighted by atomic mass is 9.95. The highest BCUT2D eigenvalue weighted by molar-refractivity contribution is 5.99. The molecule has 1 saturated heterocycles. The molecular weight excluding hydrogens is 351 g/mol. The van der Waals surface area contributed by atoms with Crippen LogP contribution in [0.3, 0.4) is 0 Å². The van der Waals surface area contributed by atoms with Crippen molar-refractivity contribution in [3.05, 3.63) is 47.2 Å². The van der Waals surface area contributed by atoms with Gasteiger partial charge in [-0.15, -0.1) is 5.10 Å². The van der Waals surface area contributed by atoms with E-state index in [4.69, 9.17) is 9.47 Å². The summed E-state index contributed by atoms with van der Waals surface area (Å²) in [6, 6.07) is 2.54. The molecular formula is C17H16F3N3O3. The van der Waals surface area contributed by atoms with Gasteiger partial charge < -0.3 is 14.4 Å². The Hall–Kier alpha value is -2.84. The molecule has 1 fully saturated rings. The number of methoxy groups -OCH3 is 2. The van der Waals surface area contributed by atoms with Gasteiger partial charge in [-0.2, -0.15) is 5.10 Å². The van der Waals surface area contributed by atoms with Gasteiger partial charge >= 0.3 is 0 Å². The van der Waals surface area contributed by atoms with Crippen LogP contribution < -0.4 is 9.47 Å². The smallest absolute Gasteiger partial charge is 0.263 e. The fourth-order valence-electron chi connectivity index (χ4n) is 3.00. The summed E-state index contributed by atoms with van der Waals surface area (Å²) in [4.78, 5) is 14.1. The number of rotatable bonds is 4. The minimum atomic E-state index is -2.06. The topological polar surface area (TPSA) is 64.6 Å². The van der Waals surface area contributed by atoms with Gasteiger partial charge in [0.25, 0.3) is 5.91 Å². The maximum absolute atomic E-state index is 15.3. The Labute approximate surface area is 147 Å². The zero-order chi connectivity index (χ0) is 18.9. The maximum atomic E-state index is 15.3. The normalized spacial score (nSPS) is 19.5. The molecule has 0 N–H and O–H groups in total. The second-order valence-corrected chi connectivity index (χ2v) is 5.90. The molecule has 1 aliphatic heterocycles. The number of hydrogen-bond acceptors (Lipinski definition) is 5. The van der Waals surface area contributed by atoms with Crippen molar-refractivity contribution in [3.63, 3.8) is 0 Å². The first-order valence-corrected chi connectivity index (χ1v) is 7.76. The van der Waals surface area contributed by atoms with E-state index < -0.39 is 23.2 Å². The number of carbonyl (C=O) groups is 1. The van der Waals surface area contributed by atoms with Gasteiger partial charge in [-0.05, 0) is 17.7 Å². The van der Waals surface area contributed by atoms with Crippen molar-refractivity contribution in [1.82, 2.24) is 15.1 Å². The SMILES string of the molecule is COc1cnnc(OC)c1C(=O)N1CCC(F)(c2cc(F)cc(F)c2)C1. The highest BCUT2D eigenvalue weighted by Gasteiger charge is 2.43. The van der Waals surface area contributed by atoms with Gasteiger partial charge in [-0.1, -0.05) is 0 Å². The number of aromatic nitrogens is 2. The molecule has 2 heterocycles. The Morgan fingerprint density at radius 3 is 2.50 bits per heavy atom. The van der Waals surface area contributed by atoms with Gasteiger partial charge in [0, 0.05) is 19.0 Å². The highest BCUT2D eigenvalue weighted by atomic mass is 19.1. The van der Waals surface area contributed by atoms with Crippen LogP contribution in [0, 0.1) is 11.6 Å². The van der Waals surface area contributed by atoms with E-state index in [9.17, 15) is 13.6 Å². The van der Waals surface area contributed by atoms with Crippen LogP contribution in [0.1, 0.15) is 22.3 Å². The summed E-state index contributed by atoms with van der Waals surface area (Å²) in [7, 11) is 2.67. The predicted molar refractivity (Wildman–Crippen MR) is 84.8 cm³/mol. The second-order valence-electron chi connectivity index (χ2n) is 5.90. The summed E-state index contributed by atoms with van der Waals surface area (Å²) in [6.07, 6.45) is 1.15. The summed E-state index contributed by atoms with van der Waals surface area (Å²) >= 11 is 0. The minimum Gasteiger partial charge on any atom is -0.494 e. The molecule has 0 saturated carbocycles. The van der Waals surface area contributed by atoms with E-state index in [1.807, 2.05) is 0 Å². The Bertz CT molecular complexity index is 807. The number of halogens is 3. The Balaban J connectivity index is 1.90. The van der Waals surface area contributed by atoms with Crippen LogP contribution in [0.15, 0.2) is 24.4 Å². The summed E-state index contributed by atoms with van der Waals surface area (Å²) in [6.45, 7) is -0.300. The lowest BCUT2D eigenvalue weighted by Crippen LogP contribution is -2.33. The zero-order valence-corrected chi connectivity index (χ0v) is 14.1. The molecule has 9 heteroatoms. The minimum absolute atomic E-state index is 0.0136. The number of carbonyl (C=O) groups excluding carboxylic acids is 1. The van der Waals surface area contributed by atoms with Crippen molar-refractivity contribution in [2.45, 2.75) is 12.1 Å². The largest absolute Gasteiger partial charge is 0.494 e. The monoisotopic (exact) mass is 367 g/mol. The highest BCUT2D eigenvalue weighted by Crippen LogP contribution is 2.38. The summed E-state index contributed by atoms with van der Waals surface area (Å²) in [5, 5.41) is 7.39. The van der Waals surface area contributed by atoms with Crippen LogP contribution in [0.5, 0.6) is 11.6 Å². The Morgan fingerprint density at radius 2 is 1.88 bits per heavy atom. The van der Waals surface area contributed by atoms with Gasteiger partial charge in [0.05, 0.1) is 27.0 Å². The molecule has 0 radical (unpaired) electrons. The first-order chi connectivity index (χ1) is 12.4. The Kier molecular flexibility index (Phi) is 4.71. The molecule has 0 bridgehead atoms. The van der Waals surface area contributed by atoms with Gasteiger partial charge in [-0.3, -0.25) is 4.79 Å². The van der Waals surface area contributed by atoms with Crippen LogP contribution >= 0.6 is 0 Å². The summed E-state index contributed by atoms with van der Waals surface area (Å²) in [5.74, 6) is -2.23. The van der Waals surface area contributed by atoms with Crippen LogP contribution in [-0.2, 0) is 5.67 Å². The van der Waals surface area contributed by atoms with Crippen molar-refractivity contribution >= 4 is 5.91 Å². The first kappa shape index (κ1) is 18.0. The second kappa shape index (κ2) is 6.81. The van der Waals surface area contributed by atoms with E-state index in [-0.39, 0.29) is 42.3 Å². The molecule has 26 heavy (non-hydrogen) atoms. The molecule has 2 aromatic rings. The summed E-state index contributed by atoms with van der Waals surface area (Å²) < 4.78 is 52.3. The Morgan fingerprint density at radius 1 is 1.19 bits per heavy atom. The van der Waals surface area contributed by atoms with E-state index in [0.29, 0.717) is 6.07 Å². The van der Waals surface area contributed by atoms with Gasteiger partial charge in [0.15, 0.2) is 11.4 Å². The molecule has 3 rings (SSSR count). The van der Waals surface area contributed by atoms with Gasteiger partial charge in [-0.25, -0.2) is 13.2 Å². The van der Waals surface area contributed by atoms with Crippen LogP contribution in [0.4, 0.5) is 13.2 Å². The van der Waals surface area contributed by atoms with Crippen LogP contribution in [0.2, 0.25) is 0 Å². The summed E-state index contributed by atoms with van der Waals surface area (Å²) in [5.41, 5.74) is -2.18. The quantitative estimate of drug-likeness (QED) is 0.831. The lowest BCUT2D eigenvalue weighted by molar-refractivity contribution is 0.0742. The van der Waals surface area contributed by atoms with Crippen molar-refractivity contribution in [3.8, 4) is 11.6 Å².